The average molecular weight is 277 g/mol. The van der Waals surface area contributed by atoms with Gasteiger partial charge in [0.2, 0.25) is 0 Å². The molecule has 0 spiro atoms. The Morgan fingerprint density at radius 1 is 1.26 bits per heavy atom. The first kappa shape index (κ1) is 14.6. The normalized spacial score (nSPS) is 19.9. The summed E-state index contributed by atoms with van der Waals surface area (Å²) in [7, 11) is 0. The fourth-order valence-corrected chi connectivity index (χ4v) is 3.49. The van der Waals surface area contributed by atoms with Crippen LogP contribution in [0.15, 0.2) is 30.3 Å². The summed E-state index contributed by atoms with van der Waals surface area (Å²) in [5, 5.41) is 0. The van der Waals surface area contributed by atoms with Crippen LogP contribution in [-0.4, -0.2) is 40.8 Å². The van der Waals surface area contributed by atoms with Gasteiger partial charge in [-0.2, -0.15) is 11.8 Å². The Labute approximate surface area is 120 Å². The van der Waals surface area contributed by atoms with E-state index in [-0.39, 0.29) is 0 Å². The zero-order valence-electron chi connectivity index (χ0n) is 11.9. The SMILES string of the molecule is CC1(C)CCN(CC(=O)Cc2ccccc2)CCS1. The van der Waals surface area contributed by atoms with Crippen molar-refractivity contribution in [1.29, 1.82) is 0 Å². The number of Topliss-reactive ketones (excluding diaryl/α,β-unsaturated/α-hetero) is 1. The lowest BCUT2D eigenvalue weighted by Gasteiger charge is -2.22. The molecule has 1 fully saturated rings. The maximum Gasteiger partial charge on any atom is 0.151 e. The number of rotatable bonds is 4. The molecule has 1 aliphatic heterocycles. The van der Waals surface area contributed by atoms with Crippen LogP contribution in [0, 0.1) is 0 Å². The lowest BCUT2D eigenvalue weighted by atomic mass is 10.1. The summed E-state index contributed by atoms with van der Waals surface area (Å²) in [4.78, 5) is 14.4. The average Bonchev–Trinajstić information content (AvgIpc) is 2.52. The molecule has 1 saturated heterocycles. The highest BCUT2D eigenvalue weighted by atomic mass is 32.2. The minimum Gasteiger partial charge on any atom is -0.298 e. The van der Waals surface area contributed by atoms with Crippen molar-refractivity contribution in [3.8, 4) is 0 Å². The summed E-state index contributed by atoms with van der Waals surface area (Å²) in [6, 6.07) is 10.0. The molecule has 3 heteroatoms. The quantitative estimate of drug-likeness (QED) is 0.844. The van der Waals surface area contributed by atoms with Gasteiger partial charge in [-0.3, -0.25) is 9.69 Å². The molecule has 1 heterocycles. The predicted molar refractivity (Wildman–Crippen MR) is 82.7 cm³/mol. The number of hydrogen-bond acceptors (Lipinski definition) is 3. The Morgan fingerprint density at radius 3 is 2.74 bits per heavy atom. The summed E-state index contributed by atoms with van der Waals surface area (Å²) in [5.74, 6) is 1.46. The molecule has 0 unspecified atom stereocenters. The molecular formula is C16H23NOS. The van der Waals surface area contributed by atoms with Crippen LogP contribution < -0.4 is 0 Å². The third kappa shape index (κ3) is 5.00. The fourth-order valence-electron chi connectivity index (χ4n) is 2.35. The van der Waals surface area contributed by atoms with Gasteiger partial charge < -0.3 is 0 Å². The Morgan fingerprint density at radius 2 is 2.00 bits per heavy atom. The Balaban J connectivity index is 1.82. The standard InChI is InChI=1S/C16H23NOS/c1-16(2)8-9-17(10-11-19-16)13-15(18)12-14-6-4-3-5-7-14/h3-7H,8-13H2,1-2H3. The smallest absolute Gasteiger partial charge is 0.151 e. The highest BCUT2D eigenvalue weighted by molar-refractivity contribution is 8.00. The summed E-state index contributed by atoms with van der Waals surface area (Å²) in [5.41, 5.74) is 1.12. The second-order valence-electron chi connectivity index (χ2n) is 5.84. The van der Waals surface area contributed by atoms with Gasteiger partial charge in [0.1, 0.15) is 0 Å². The van der Waals surface area contributed by atoms with Gasteiger partial charge in [0.15, 0.2) is 5.78 Å². The van der Waals surface area contributed by atoms with Crippen LogP contribution in [0.3, 0.4) is 0 Å². The number of benzene rings is 1. The summed E-state index contributed by atoms with van der Waals surface area (Å²) in [6.07, 6.45) is 1.73. The molecule has 0 N–H and O–H groups in total. The van der Waals surface area contributed by atoms with E-state index in [0.717, 1.165) is 30.8 Å². The van der Waals surface area contributed by atoms with Gasteiger partial charge in [-0.05, 0) is 18.5 Å². The third-order valence-electron chi connectivity index (χ3n) is 3.57. The first-order valence-electron chi connectivity index (χ1n) is 6.97. The lowest BCUT2D eigenvalue weighted by molar-refractivity contribution is -0.119. The van der Waals surface area contributed by atoms with Crippen molar-refractivity contribution in [2.45, 2.75) is 31.4 Å². The van der Waals surface area contributed by atoms with Crippen LogP contribution in [0.2, 0.25) is 0 Å². The van der Waals surface area contributed by atoms with Crippen molar-refractivity contribution in [2.75, 3.05) is 25.4 Å². The number of carbonyl (C=O) groups excluding carboxylic acids is 1. The minimum atomic E-state index is 0.330. The van der Waals surface area contributed by atoms with Crippen molar-refractivity contribution in [3.63, 3.8) is 0 Å². The molecular weight excluding hydrogens is 254 g/mol. The number of hydrogen-bond donors (Lipinski definition) is 0. The Bertz CT molecular complexity index is 416. The molecule has 1 aliphatic rings. The zero-order chi connectivity index (χ0) is 13.7. The number of ketones is 1. The molecule has 1 aromatic rings. The summed E-state index contributed by atoms with van der Waals surface area (Å²) in [6.45, 7) is 7.28. The second kappa shape index (κ2) is 6.58. The molecule has 1 aromatic carbocycles. The fraction of sp³-hybridized carbons (Fsp3) is 0.562. The molecule has 0 aromatic heterocycles. The molecule has 0 aliphatic carbocycles. The molecule has 2 nitrogen and oxygen atoms in total. The molecule has 104 valence electrons. The van der Waals surface area contributed by atoms with Crippen LogP contribution in [0.25, 0.3) is 0 Å². The van der Waals surface area contributed by atoms with E-state index in [2.05, 4.69) is 18.7 Å². The van der Waals surface area contributed by atoms with E-state index in [1.807, 2.05) is 42.1 Å². The number of carbonyl (C=O) groups is 1. The molecule has 0 bridgehead atoms. The van der Waals surface area contributed by atoms with Gasteiger partial charge in [0.25, 0.3) is 0 Å². The van der Waals surface area contributed by atoms with Crippen LogP contribution in [0.5, 0.6) is 0 Å². The van der Waals surface area contributed by atoms with Crippen molar-refractivity contribution in [2.24, 2.45) is 0 Å². The Hall–Kier alpha value is -0.800. The highest BCUT2D eigenvalue weighted by Gasteiger charge is 2.24. The van der Waals surface area contributed by atoms with Crippen LogP contribution in [0.4, 0.5) is 0 Å². The molecule has 0 amide bonds. The molecule has 0 atom stereocenters. The van der Waals surface area contributed by atoms with E-state index in [1.165, 1.54) is 0 Å². The lowest BCUT2D eigenvalue weighted by Crippen LogP contribution is -2.33. The highest BCUT2D eigenvalue weighted by Crippen LogP contribution is 2.30. The largest absolute Gasteiger partial charge is 0.298 e. The van der Waals surface area contributed by atoms with Gasteiger partial charge in [0, 0.05) is 23.5 Å². The van der Waals surface area contributed by atoms with Gasteiger partial charge >= 0.3 is 0 Å². The number of thioether (sulfide) groups is 1. The van der Waals surface area contributed by atoms with Gasteiger partial charge in [-0.1, -0.05) is 44.2 Å². The van der Waals surface area contributed by atoms with Crippen molar-refractivity contribution >= 4 is 17.5 Å². The zero-order valence-corrected chi connectivity index (χ0v) is 12.7. The van der Waals surface area contributed by atoms with Gasteiger partial charge in [0.05, 0.1) is 6.54 Å². The van der Waals surface area contributed by atoms with E-state index in [1.54, 1.807) is 0 Å². The maximum absolute atomic E-state index is 12.1. The van der Waals surface area contributed by atoms with E-state index in [9.17, 15) is 4.79 Å². The second-order valence-corrected chi connectivity index (χ2v) is 7.64. The number of nitrogens with zero attached hydrogens (tertiary/aromatic N) is 1. The summed E-state index contributed by atoms with van der Waals surface area (Å²) < 4.78 is 0.358. The van der Waals surface area contributed by atoms with E-state index in [4.69, 9.17) is 0 Å². The van der Waals surface area contributed by atoms with E-state index in [0.29, 0.717) is 23.5 Å². The predicted octanol–water partition coefficient (Wildman–Crippen LogP) is 3.02. The first-order valence-corrected chi connectivity index (χ1v) is 7.96. The van der Waals surface area contributed by atoms with Crippen LogP contribution in [-0.2, 0) is 11.2 Å². The van der Waals surface area contributed by atoms with Crippen molar-refractivity contribution < 1.29 is 4.79 Å². The molecule has 0 saturated carbocycles. The van der Waals surface area contributed by atoms with Crippen molar-refractivity contribution in [3.05, 3.63) is 35.9 Å². The third-order valence-corrected chi connectivity index (χ3v) is 4.95. The van der Waals surface area contributed by atoms with Crippen molar-refractivity contribution in [1.82, 2.24) is 4.90 Å². The summed E-state index contributed by atoms with van der Waals surface area (Å²) >= 11 is 2.02. The molecule has 19 heavy (non-hydrogen) atoms. The monoisotopic (exact) mass is 277 g/mol. The minimum absolute atomic E-state index is 0.330. The maximum atomic E-state index is 12.1. The van der Waals surface area contributed by atoms with E-state index < -0.39 is 0 Å². The van der Waals surface area contributed by atoms with Gasteiger partial charge in [-0.15, -0.1) is 0 Å². The molecule has 0 radical (unpaired) electrons. The Kier molecular flexibility index (Phi) is 5.06. The van der Waals surface area contributed by atoms with Crippen LogP contribution in [0.1, 0.15) is 25.8 Å². The van der Waals surface area contributed by atoms with Gasteiger partial charge in [-0.25, -0.2) is 0 Å². The first-order chi connectivity index (χ1) is 9.05. The molecule has 2 rings (SSSR count). The van der Waals surface area contributed by atoms with Crippen LogP contribution >= 0.6 is 11.8 Å². The topological polar surface area (TPSA) is 20.3 Å². The van der Waals surface area contributed by atoms with E-state index >= 15 is 0 Å².